The first-order valence-electron chi connectivity index (χ1n) is 9.97. The molecule has 2 aromatic carbocycles. The number of hydrogen-bond donors (Lipinski definition) is 3. The van der Waals surface area contributed by atoms with Gasteiger partial charge in [-0.2, -0.15) is 0 Å². The number of benzene rings is 2. The maximum absolute atomic E-state index is 12.7. The Bertz CT molecular complexity index is 980. The molecule has 0 aliphatic rings. The smallest absolute Gasteiger partial charge is 0.412 e. The molecule has 0 heterocycles. The van der Waals surface area contributed by atoms with Crippen molar-refractivity contribution in [2.45, 2.75) is 26.9 Å². The van der Waals surface area contributed by atoms with Crippen LogP contribution in [0, 0.1) is 5.41 Å². The lowest BCUT2D eigenvalue weighted by molar-refractivity contribution is -0.131. The molecule has 2 aromatic rings. The number of ether oxygens (including phenoxy) is 2. The van der Waals surface area contributed by atoms with Gasteiger partial charge in [-0.1, -0.05) is 32.1 Å². The van der Waals surface area contributed by atoms with Gasteiger partial charge in [0.2, 0.25) is 0 Å². The molecule has 0 spiro atoms. The van der Waals surface area contributed by atoms with Gasteiger partial charge in [0.1, 0.15) is 18.5 Å². The van der Waals surface area contributed by atoms with Crippen LogP contribution in [0.4, 0.5) is 10.5 Å². The molecule has 0 saturated heterocycles. The lowest BCUT2D eigenvalue weighted by atomic mass is 9.82. The van der Waals surface area contributed by atoms with E-state index in [4.69, 9.17) is 19.7 Å². The number of aliphatic hydroxyl groups excluding tert-OH is 1. The van der Waals surface area contributed by atoms with E-state index in [2.05, 4.69) is 5.32 Å². The van der Waals surface area contributed by atoms with Crippen molar-refractivity contribution in [3.05, 3.63) is 71.8 Å². The zero-order valence-electron chi connectivity index (χ0n) is 18.2. The summed E-state index contributed by atoms with van der Waals surface area (Å²) in [4.78, 5) is 35.1. The molecular weight excluding hydrogens is 414 g/mol. The zero-order chi connectivity index (χ0) is 23.7. The van der Waals surface area contributed by atoms with E-state index < -0.39 is 23.6 Å². The van der Waals surface area contributed by atoms with Crippen molar-refractivity contribution in [2.75, 3.05) is 18.5 Å². The quantitative estimate of drug-likeness (QED) is 0.373. The number of hydrogen-bond acceptors (Lipinski definition) is 6. The topological polar surface area (TPSA) is 122 Å². The Labute approximate surface area is 186 Å². The normalized spacial score (nSPS) is 12.2. The molecule has 2 rings (SSSR count). The van der Waals surface area contributed by atoms with Crippen LogP contribution in [0.3, 0.4) is 0 Å². The molecule has 32 heavy (non-hydrogen) atoms. The highest BCUT2D eigenvalue weighted by molar-refractivity contribution is 5.95. The fraction of sp³-hybridized carbons (Fsp3) is 0.292. The fourth-order valence-electron chi connectivity index (χ4n) is 3.00. The Morgan fingerprint density at radius 1 is 1.12 bits per heavy atom. The Balaban J connectivity index is 2.28. The van der Waals surface area contributed by atoms with E-state index in [0.29, 0.717) is 22.6 Å². The van der Waals surface area contributed by atoms with Gasteiger partial charge in [0.05, 0.1) is 6.61 Å². The standard InChI is InChI=1S/C24H27NO7/c1-16(27)17-7-9-19(10-8-17)25-23(30)32-22(24(2,3)12-11-21(28)29)18-5-4-6-20(15-18)31-14-13-26/h4-12,15,22,26H,13-14H2,1-3H3,(H,25,30)(H,28,29)/b12-11+/t22-/m1/s1. The molecule has 1 atom stereocenters. The van der Waals surface area contributed by atoms with Crippen molar-refractivity contribution < 1.29 is 34.1 Å². The number of ketones is 1. The highest BCUT2D eigenvalue weighted by Crippen LogP contribution is 2.39. The van der Waals surface area contributed by atoms with Gasteiger partial charge in [-0.15, -0.1) is 0 Å². The first-order valence-corrected chi connectivity index (χ1v) is 9.97. The van der Waals surface area contributed by atoms with Crippen LogP contribution in [0.2, 0.25) is 0 Å². The van der Waals surface area contributed by atoms with Crippen LogP contribution in [-0.2, 0) is 9.53 Å². The number of carbonyl (C=O) groups is 3. The maximum Gasteiger partial charge on any atom is 0.412 e. The van der Waals surface area contributed by atoms with Gasteiger partial charge in [0.15, 0.2) is 5.78 Å². The summed E-state index contributed by atoms with van der Waals surface area (Å²) in [5, 5.41) is 20.6. The van der Waals surface area contributed by atoms with Gasteiger partial charge >= 0.3 is 12.1 Å². The Morgan fingerprint density at radius 3 is 2.41 bits per heavy atom. The van der Waals surface area contributed by atoms with Crippen LogP contribution in [0.25, 0.3) is 0 Å². The van der Waals surface area contributed by atoms with Gasteiger partial charge in [0, 0.05) is 22.7 Å². The Kier molecular flexibility index (Phi) is 8.54. The van der Waals surface area contributed by atoms with Gasteiger partial charge in [-0.05, 0) is 48.9 Å². The third-order valence-electron chi connectivity index (χ3n) is 4.61. The number of carbonyl (C=O) groups excluding carboxylic acids is 2. The summed E-state index contributed by atoms with van der Waals surface area (Å²) >= 11 is 0. The van der Waals surface area contributed by atoms with Gasteiger partial charge in [-0.25, -0.2) is 9.59 Å². The summed E-state index contributed by atoms with van der Waals surface area (Å²) in [5.74, 6) is -0.732. The molecule has 8 nitrogen and oxygen atoms in total. The van der Waals surface area contributed by atoms with Crippen molar-refractivity contribution >= 4 is 23.5 Å². The van der Waals surface area contributed by atoms with Crippen molar-refractivity contribution in [1.82, 2.24) is 0 Å². The monoisotopic (exact) mass is 441 g/mol. The Hall–Kier alpha value is -3.65. The second-order valence-corrected chi connectivity index (χ2v) is 7.68. The third-order valence-corrected chi connectivity index (χ3v) is 4.61. The largest absolute Gasteiger partial charge is 0.491 e. The molecule has 0 aliphatic carbocycles. The van der Waals surface area contributed by atoms with Crippen molar-refractivity contribution in [3.8, 4) is 5.75 Å². The molecule has 0 aromatic heterocycles. The minimum atomic E-state index is -1.12. The zero-order valence-corrected chi connectivity index (χ0v) is 18.2. The van der Waals surface area contributed by atoms with Crippen LogP contribution in [0.15, 0.2) is 60.7 Å². The molecule has 0 fully saturated rings. The van der Waals surface area contributed by atoms with Gasteiger partial charge < -0.3 is 19.7 Å². The molecule has 3 N–H and O–H groups in total. The van der Waals surface area contributed by atoms with Crippen molar-refractivity contribution in [3.63, 3.8) is 0 Å². The second kappa shape index (κ2) is 11.1. The maximum atomic E-state index is 12.7. The lowest BCUT2D eigenvalue weighted by Crippen LogP contribution is -2.28. The van der Waals surface area contributed by atoms with E-state index in [1.165, 1.54) is 13.0 Å². The molecule has 0 aliphatic heterocycles. The minimum Gasteiger partial charge on any atom is -0.491 e. The number of nitrogens with one attached hydrogen (secondary N) is 1. The van der Waals surface area contributed by atoms with Gasteiger partial charge in [0.25, 0.3) is 0 Å². The summed E-state index contributed by atoms with van der Waals surface area (Å²) in [6.45, 7) is 4.89. The van der Waals surface area contributed by atoms with Crippen LogP contribution in [0.1, 0.15) is 42.8 Å². The number of rotatable bonds is 10. The average molecular weight is 441 g/mol. The first kappa shape index (κ1) is 24.6. The van der Waals surface area contributed by atoms with Crippen LogP contribution < -0.4 is 10.1 Å². The number of Topliss-reactive ketones (excluding diaryl/α,β-unsaturated/α-hetero) is 1. The summed E-state index contributed by atoms with van der Waals surface area (Å²) in [7, 11) is 0. The number of amides is 1. The molecule has 0 unspecified atom stereocenters. The molecular formula is C24H27NO7. The van der Waals surface area contributed by atoms with E-state index >= 15 is 0 Å². The summed E-state index contributed by atoms with van der Waals surface area (Å²) in [6.07, 6.45) is 0.855. The number of aliphatic carboxylic acids is 1. The number of aliphatic hydroxyl groups is 1. The van der Waals surface area contributed by atoms with Crippen molar-refractivity contribution in [2.24, 2.45) is 5.41 Å². The highest BCUT2D eigenvalue weighted by atomic mass is 16.6. The summed E-state index contributed by atoms with van der Waals surface area (Å²) in [6, 6.07) is 13.2. The average Bonchev–Trinajstić information content (AvgIpc) is 2.75. The van der Waals surface area contributed by atoms with Crippen LogP contribution in [0.5, 0.6) is 5.75 Å². The van der Waals surface area contributed by atoms with E-state index in [0.717, 1.165) is 6.08 Å². The number of carboxylic acid groups (broad SMARTS) is 1. The van der Waals surface area contributed by atoms with E-state index in [-0.39, 0.29) is 19.0 Å². The summed E-state index contributed by atoms with van der Waals surface area (Å²) < 4.78 is 11.2. The number of anilines is 1. The molecule has 1 amide bonds. The SMILES string of the molecule is CC(=O)c1ccc(NC(=O)O[C@H](c2cccc(OCCO)c2)C(C)(C)/C=C/C(=O)O)cc1. The highest BCUT2D eigenvalue weighted by Gasteiger charge is 2.33. The predicted molar refractivity (Wildman–Crippen MR) is 119 cm³/mol. The molecule has 170 valence electrons. The summed E-state index contributed by atoms with van der Waals surface area (Å²) in [5.41, 5.74) is 0.658. The number of carboxylic acids is 1. The fourth-order valence-corrected chi connectivity index (χ4v) is 3.00. The van der Waals surface area contributed by atoms with E-state index in [9.17, 15) is 14.4 Å². The minimum absolute atomic E-state index is 0.0885. The Morgan fingerprint density at radius 2 is 1.81 bits per heavy atom. The van der Waals surface area contributed by atoms with Crippen LogP contribution in [-0.4, -0.2) is 41.3 Å². The second-order valence-electron chi connectivity index (χ2n) is 7.68. The molecule has 0 saturated carbocycles. The van der Waals surface area contributed by atoms with E-state index in [1.807, 2.05) is 0 Å². The molecule has 0 radical (unpaired) electrons. The van der Waals surface area contributed by atoms with E-state index in [1.54, 1.807) is 62.4 Å². The van der Waals surface area contributed by atoms with Crippen molar-refractivity contribution in [1.29, 1.82) is 0 Å². The molecule has 8 heteroatoms. The lowest BCUT2D eigenvalue weighted by Gasteiger charge is -2.31. The third kappa shape index (κ3) is 7.24. The first-order chi connectivity index (χ1) is 15.1. The predicted octanol–water partition coefficient (Wildman–Crippen LogP) is 4.22. The molecule has 0 bridgehead atoms. The van der Waals surface area contributed by atoms with Gasteiger partial charge in [-0.3, -0.25) is 10.1 Å². The van der Waals surface area contributed by atoms with Crippen LogP contribution >= 0.6 is 0 Å².